The van der Waals surface area contributed by atoms with E-state index in [2.05, 4.69) is 16.8 Å². The SMILES string of the molecule is Cc1cc(N(C)C2CCS(=O)(=O)C2)nc(N2CCCC(C)C2)n1. The summed E-state index contributed by atoms with van der Waals surface area (Å²) < 4.78 is 23.5. The Hall–Kier alpha value is -1.37. The molecule has 23 heavy (non-hydrogen) atoms. The van der Waals surface area contributed by atoms with Crippen molar-refractivity contribution in [1.29, 1.82) is 0 Å². The van der Waals surface area contributed by atoms with Gasteiger partial charge in [-0.05, 0) is 32.1 Å². The Labute approximate surface area is 138 Å². The average molecular weight is 338 g/mol. The van der Waals surface area contributed by atoms with Crippen molar-refractivity contribution in [3.05, 3.63) is 11.8 Å². The fourth-order valence-corrected chi connectivity index (χ4v) is 5.27. The molecule has 2 saturated heterocycles. The normalized spacial score (nSPS) is 27.2. The van der Waals surface area contributed by atoms with Crippen molar-refractivity contribution in [2.75, 3.05) is 41.4 Å². The summed E-state index contributed by atoms with van der Waals surface area (Å²) in [7, 11) is -0.952. The Balaban J connectivity index is 1.82. The zero-order chi connectivity index (χ0) is 16.6. The molecule has 7 heteroatoms. The first-order chi connectivity index (χ1) is 10.8. The van der Waals surface area contributed by atoms with Crippen molar-refractivity contribution in [2.24, 2.45) is 5.92 Å². The summed E-state index contributed by atoms with van der Waals surface area (Å²) in [5, 5.41) is 0. The second-order valence-electron chi connectivity index (χ2n) is 7.03. The summed E-state index contributed by atoms with van der Waals surface area (Å²) in [5.74, 6) is 2.77. The molecule has 0 aromatic carbocycles. The topological polar surface area (TPSA) is 66.4 Å². The van der Waals surface area contributed by atoms with Gasteiger partial charge in [0.05, 0.1) is 11.5 Å². The number of anilines is 2. The number of piperidine rings is 1. The van der Waals surface area contributed by atoms with E-state index >= 15 is 0 Å². The second kappa shape index (κ2) is 6.26. The summed E-state index contributed by atoms with van der Waals surface area (Å²) in [6.45, 7) is 6.22. The van der Waals surface area contributed by atoms with Crippen LogP contribution in [-0.4, -0.2) is 56.1 Å². The number of aryl methyl sites for hydroxylation is 1. The molecule has 2 unspecified atom stereocenters. The Morgan fingerprint density at radius 1 is 1.30 bits per heavy atom. The van der Waals surface area contributed by atoms with E-state index in [4.69, 9.17) is 4.98 Å². The number of hydrogen-bond acceptors (Lipinski definition) is 6. The summed E-state index contributed by atoms with van der Waals surface area (Å²) >= 11 is 0. The lowest BCUT2D eigenvalue weighted by atomic mass is 10.0. The van der Waals surface area contributed by atoms with Gasteiger partial charge in [0.2, 0.25) is 5.95 Å². The van der Waals surface area contributed by atoms with Crippen LogP contribution in [0.3, 0.4) is 0 Å². The molecule has 3 heterocycles. The van der Waals surface area contributed by atoms with E-state index in [1.807, 2.05) is 24.9 Å². The first-order valence-electron chi connectivity index (χ1n) is 8.38. The Kier molecular flexibility index (Phi) is 4.49. The van der Waals surface area contributed by atoms with Crippen molar-refractivity contribution < 1.29 is 8.42 Å². The van der Waals surface area contributed by atoms with Crippen LogP contribution in [0.15, 0.2) is 6.07 Å². The van der Waals surface area contributed by atoms with Gasteiger partial charge < -0.3 is 9.80 Å². The minimum atomic E-state index is -2.89. The third kappa shape index (κ3) is 3.76. The van der Waals surface area contributed by atoms with Crippen LogP contribution in [0.5, 0.6) is 0 Å². The van der Waals surface area contributed by atoms with Crippen LogP contribution in [0.25, 0.3) is 0 Å². The molecule has 2 aliphatic rings. The predicted molar refractivity (Wildman–Crippen MR) is 92.8 cm³/mol. The molecule has 6 nitrogen and oxygen atoms in total. The minimum absolute atomic E-state index is 0.0161. The molecule has 0 bridgehead atoms. The monoisotopic (exact) mass is 338 g/mol. The maximum Gasteiger partial charge on any atom is 0.227 e. The third-order valence-electron chi connectivity index (χ3n) is 4.89. The van der Waals surface area contributed by atoms with Gasteiger partial charge in [0.25, 0.3) is 0 Å². The molecule has 2 atom stereocenters. The van der Waals surface area contributed by atoms with Gasteiger partial charge in [0, 0.05) is 37.9 Å². The van der Waals surface area contributed by atoms with E-state index < -0.39 is 9.84 Å². The fourth-order valence-electron chi connectivity index (χ4n) is 3.50. The summed E-state index contributed by atoms with van der Waals surface area (Å²) in [6.07, 6.45) is 3.11. The highest BCUT2D eigenvalue weighted by molar-refractivity contribution is 7.91. The van der Waals surface area contributed by atoms with Crippen molar-refractivity contribution >= 4 is 21.6 Å². The van der Waals surface area contributed by atoms with Crippen molar-refractivity contribution in [2.45, 2.75) is 39.2 Å². The van der Waals surface area contributed by atoms with Gasteiger partial charge in [0.15, 0.2) is 9.84 Å². The molecule has 0 aliphatic carbocycles. The lowest BCUT2D eigenvalue weighted by Crippen LogP contribution is -2.37. The molecule has 1 aromatic rings. The van der Waals surface area contributed by atoms with Crippen LogP contribution in [0.4, 0.5) is 11.8 Å². The van der Waals surface area contributed by atoms with E-state index in [0.29, 0.717) is 12.3 Å². The van der Waals surface area contributed by atoms with Crippen LogP contribution in [-0.2, 0) is 9.84 Å². The summed E-state index contributed by atoms with van der Waals surface area (Å²) in [6, 6.07) is 1.96. The molecule has 1 aromatic heterocycles. The number of aromatic nitrogens is 2. The highest BCUT2D eigenvalue weighted by Gasteiger charge is 2.31. The van der Waals surface area contributed by atoms with E-state index in [0.717, 1.165) is 30.5 Å². The zero-order valence-electron chi connectivity index (χ0n) is 14.2. The van der Waals surface area contributed by atoms with Gasteiger partial charge in [0.1, 0.15) is 5.82 Å². The van der Waals surface area contributed by atoms with Crippen molar-refractivity contribution in [3.63, 3.8) is 0 Å². The summed E-state index contributed by atoms with van der Waals surface area (Å²) in [4.78, 5) is 13.6. The highest BCUT2D eigenvalue weighted by atomic mass is 32.2. The Morgan fingerprint density at radius 3 is 2.74 bits per heavy atom. The maximum absolute atomic E-state index is 11.7. The van der Waals surface area contributed by atoms with Gasteiger partial charge in [-0.15, -0.1) is 0 Å². The summed E-state index contributed by atoms with van der Waals surface area (Å²) in [5.41, 5.74) is 0.927. The average Bonchev–Trinajstić information content (AvgIpc) is 2.86. The molecule has 3 rings (SSSR count). The molecule has 2 fully saturated rings. The molecule has 2 aliphatic heterocycles. The smallest absolute Gasteiger partial charge is 0.227 e. The fraction of sp³-hybridized carbons (Fsp3) is 0.750. The van der Waals surface area contributed by atoms with E-state index in [9.17, 15) is 8.42 Å². The molecular formula is C16H26N4O2S. The molecule has 0 saturated carbocycles. The number of rotatable bonds is 3. The van der Waals surface area contributed by atoms with E-state index in [-0.39, 0.29) is 17.5 Å². The molecule has 0 spiro atoms. The minimum Gasteiger partial charge on any atom is -0.355 e. The quantitative estimate of drug-likeness (QED) is 0.835. The van der Waals surface area contributed by atoms with Crippen LogP contribution in [0, 0.1) is 12.8 Å². The molecular weight excluding hydrogens is 312 g/mol. The van der Waals surface area contributed by atoms with Crippen molar-refractivity contribution in [1.82, 2.24) is 9.97 Å². The van der Waals surface area contributed by atoms with Crippen LogP contribution in [0.2, 0.25) is 0 Å². The highest BCUT2D eigenvalue weighted by Crippen LogP contribution is 2.25. The Bertz CT molecular complexity index is 677. The molecule has 0 N–H and O–H groups in total. The van der Waals surface area contributed by atoms with Gasteiger partial charge in [-0.3, -0.25) is 0 Å². The number of nitrogens with zero attached hydrogens (tertiary/aromatic N) is 4. The van der Waals surface area contributed by atoms with Gasteiger partial charge in [-0.25, -0.2) is 13.4 Å². The Morgan fingerprint density at radius 2 is 2.09 bits per heavy atom. The van der Waals surface area contributed by atoms with Crippen LogP contribution in [0.1, 0.15) is 31.9 Å². The first kappa shape index (κ1) is 16.5. The lowest BCUT2D eigenvalue weighted by Gasteiger charge is -2.32. The standard InChI is InChI=1S/C16H26N4O2S/c1-12-5-4-7-20(10-12)16-17-13(2)9-15(18-16)19(3)14-6-8-23(21,22)11-14/h9,12,14H,4-8,10-11H2,1-3H3. The van der Waals surface area contributed by atoms with E-state index in [1.54, 1.807) is 0 Å². The number of sulfone groups is 1. The lowest BCUT2D eigenvalue weighted by molar-refractivity contribution is 0.441. The van der Waals surface area contributed by atoms with Crippen LogP contribution >= 0.6 is 0 Å². The van der Waals surface area contributed by atoms with E-state index in [1.165, 1.54) is 12.8 Å². The third-order valence-corrected chi connectivity index (χ3v) is 6.64. The number of hydrogen-bond donors (Lipinski definition) is 0. The van der Waals surface area contributed by atoms with Crippen LogP contribution < -0.4 is 9.80 Å². The van der Waals surface area contributed by atoms with Gasteiger partial charge in [-0.2, -0.15) is 4.98 Å². The molecule has 0 amide bonds. The molecule has 128 valence electrons. The maximum atomic E-state index is 11.7. The second-order valence-corrected chi connectivity index (χ2v) is 9.26. The largest absolute Gasteiger partial charge is 0.355 e. The van der Waals surface area contributed by atoms with Gasteiger partial charge >= 0.3 is 0 Å². The molecule has 0 radical (unpaired) electrons. The van der Waals surface area contributed by atoms with Gasteiger partial charge in [-0.1, -0.05) is 6.92 Å². The van der Waals surface area contributed by atoms with Crippen molar-refractivity contribution in [3.8, 4) is 0 Å². The zero-order valence-corrected chi connectivity index (χ0v) is 15.0. The first-order valence-corrected chi connectivity index (χ1v) is 10.2. The predicted octanol–water partition coefficient (Wildman–Crippen LogP) is 1.64.